The third-order valence-electron chi connectivity index (χ3n) is 1.23. The van der Waals surface area contributed by atoms with Gasteiger partial charge in [0.25, 0.3) is 0 Å². The highest BCUT2D eigenvalue weighted by Gasteiger charge is 2.00. The Morgan fingerprint density at radius 3 is 1.80 bits per heavy atom. The predicted molar refractivity (Wildman–Crippen MR) is 41.3 cm³/mol. The smallest absolute Gasteiger partial charge is 0.119 e. The van der Waals surface area contributed by atoms with Gasteiger partial charge in [-0.2, -0.15) is 0 Å². The lowest BCUT2D eigenvalue weighted by atomic mass is 10.2. The van der Waals surface area contributed by atoms with Crippen LogP contribution in [0.4, 0.5) is 17.1 Å². The SMILES string of the molecule is Nc1cc(O)cc(N)c1N. The van der Waals surface area contributed by atoms with Crippen molar-refractivity contribution in [1.29, 1.82) is 0 Å². The van der Waals surface area contributed by atoms with E-state index in [4.69, 9.17) is 22.3 Å². The van der Waals surface area contributed by atoms with Crippen LogP contribution in [-0.2, 0) is 0 Å². The van der Waals surface area contributed by atoms with Crippen molar-refractivity contribution in [2.24, 2.45) is 0 Å². The van der Waals surface area contributed by atoms with Crippen LogP contribution in [0.5, 0.6) is 5.75 Å². The third-order valence-corrected chi connectivity index (χ3v) is 1.23. The quantitative estimate of drug-likeness (QED) is 0.303. The summed E-state index contributed by atoms with van der Waals surface area (Å²) in [5.74, 6) is 0.0317. The molecule has 4 heteroatoms. The lowest BCUT2D eigenvalue weighted by Crippen LogP contribution is -1.99. The summed E-state index contributed by atoms with van der Waals surface area (Å²) in [6.07, 6.45) is 0. The lowest BCUT2D eigenvalue weighted by molar-refractivity contribution is 0.476. The van der Waals surface area contributed by atoms with Crippen LogP contribution in [0.3, 0.4) is 0 Å². The summed E-state index contributed by atoms with van der Waals surface area (Å²) in [5, 5.41) is 8.90. The summed E-state index contributed by atoms with van der Waals surface area (Å²) >= 11 is 0. The van der Waals surface area contributed by atoms with E-state index in [9.17, 15) is 0 Å². The van der Waals surface area contributed by atoms with Gasteiger partial charge >= 0.3 is 0 Å². The van der Waals surface area contributed by atoms with Crippen LogP contribution < -0.4 is 17.2 Å². The second kappa shape index (κ2) is 1.98. The van der Waals surface area contributed by atoms with E-state index in [1.54, 1.807) is 0 Å². The predicted octanol–water partition coefficient (Wildman–Crippen LogP) is 0.139. The molecule has 0 spiro atoms. The number of anilines is 3. The molecular weight excluding hydrogens is 130 g/mol. The Hall–Kier alpha value is -1.58. The van der Waals surface area contributed by atoms with E-state index >= 15 is 0 Å². The number of hydrogen-bond donors (Lipinski definition) is 4. The van der Waals surface area contributed by atoms with Crippen molar-refractivity contribution in [1.82, 2.24) is 0 Å². The van der Waals surface area contributed by atoms with E-state index in [0.717, 1.165) is 0 Å². The second-order valence-corrected chi connectivity index (χ2v) is 2.04. The maximum absolute atomic E-state index is 8.90. The minimum absolute atomic E-state index is 0.0317. The highest BCUT2D eigenvalue weighted by molar-refractivity contribution is 5.78. The van der Waals surface area contributed by atoms with E-state index in [0.29, 0.717) is 17.1 Å². The summed E-state index contributed by atoms with van der Waals surface area (Å²) in [4.78, 5) is 0. The Morgan fingerprint density at radius 2 is 1.40 bits per heavy atom. The monoisotopic (exact) mass is 139 g/mol. The van der Waals surface area contributed by atoms with Gasteiger partial charge < -0.3 is 22.3 Å². The maximum atomic E-state index is 8.90. The van der Waals surface area contributed by atoms with Gasteiger partial charge in [0.15, 0.2) is 0 Å². The van der Waals surface area contributed by atoms with Crippen molar-refractivity contribution >= 4 is 17.1 Å². The van der Waals surface area contributed by atoms with Gasteiger partial charge in [0.1, 0.15) is 5.75 Å². The molecule has 0 fully saturated rings. The minimum atomic E-state index is 0.0317. The molecular formula is C6H9N3O. The van der Waals surface area contributed by atoms with E-state index in [2.05, 4.69) is 0 Å². The first kappa shape index (κ1) is 6.54. The van der Waals surface area contributed by atoms with Crippen LogP contribution in [0, 0.1) is 0 Å². The Morgan fingerprint density at radius 1 is 1.00 bits per heavy atom. The first-order valence-electron chi connectivity index (χ1n) is 2.74. The lowest BCUT2D eigenvalue weighted by Gasteiger charge is -2.03. The average molecular weight is 139 g/mol. The summed E-state index contributed by atoms with van der Waals surface area (Å²) in [6.45, 7) is 0. The number of phenols is 1. The van der Waals surface area contributed by atoms with E-state index < -0.39 is 0 Å². The van der Waals surface area contributed by atoms with E-state index in [1.807, 2.05) is 0 Å². The Labute approximate surface area is 58.2 Å². The van der Waals surface area contributed by atoms with Crippen molar-refractivity contribution in [3.63, 3.8) is 0 Å². The van der Waals surface area contributed by atoms with Crippen molar-refractivity contribution in [3.05, 3.63) is 12.1 Å². The molecule has 0 radical (unpaired) electrons. The molecule has 1 rings (SSSR count). The topological polar surface area (TPSA) is 98.3 Å². The summed E-state index contributed by atoms with van der Waals surface area (Å²) in [5.41, 5.74) is 17.0. The molecule has 1 aromatic rings. The number of rotatable bonds is 0. The third kappa shape index (κ3) is 0.907. The van der Waals surface area contributed by atoms with Gasteiger partial charge in [-0.3, -0.25) is 0 Å². The molecule has 0 aromatic heterocycles. The molecule has 0 aliphatic heterocycles. The molecule has 0 unspecified atom stereocenters. The van der Waals surface area contributed by atoms with Crippen molar-refractivity contribution in [3.8, 4) is 5.75 Å². The number of hydrogen-bond acceptors (Lipinski definition) is 4. The molecule has 0 saturated carbocycles. The van der Waals surface area contributed by atoms with Crippen LogP contribution >= 0.6 is 0 Å². The molecule has 0 aliphatic rings. The fraction of sp³-hybridized carbons (Fsp3) is 0. The van der Waals surface area contributed by atoms with Gasteiger partial charge in [-0.25, -0.2) is 0 Å². The van der Waals surface area contributed by atoms with Gasteiger partial charge in [0.2, 0.25) is 0 Å². The standard InChI is InChI=1S/C6H9N3O/c7-4-1-3(10)2-5(8)6(4)9/h1-2,10H,7-9H2. The fourth-order valence-corrected chi connectivity index (χ4v) is 0.682. The zero-order chi connectivity index (χ0) is 7.72. The van der Waals surface area contributed by atoms with Crippen LogP contribution in [-0.4, -0.2) is 5.11 Å². The number of phenolic OH excluding ortho intramolecular Hbond substituents is 1. The largest absolute Gasteiger partial charge is 0.508 e. The van der Waals surface area contributed by atoms with Gasteiger partial charge in [-0.1, -0.05) is 0 Å². The van der Waals surface area contributed by atoms with Gasteiger partial charge in [0, 0.05) is 12.1 Å². The normalized spacial score (nSPS) is 9.60. The number of benzene rings is 1. The number of nitrogens with two attached hydrogens (primary N) is 3. The highest BCUT2D eigenvalue weighted by atomic mass is 16.3. The molecule has 7 N–H and O–H groups in total. The molecule has 1 aromatic carbocycles. The maximum Gasteiger partial charge on any atom is 0.119 e. The average Bonchev–Trinajstić information content (AvgIpc) is 1.82. The molecule has 0 amide bonds. The Bertz CT molecular complexity index is 236. The van der Waals surface area contributed by atoms with Crippen LogP contribution in [0.15, 0.2) is 12.1 Å². The Kier molecular flexibility index (Phi) is 1.30. The first-order chi connectivity index (χ1) is 4.61. The minimum Gasteiger partial charge on any atom is -0.508 e. The summed E-state index contributed by atoms with van der Waals surface area (Å²) in [7, 11) is 0. The first-order valence-corrected chi connectivity index (χ1v) is 2.74. The molecule has 4 nitrogen and oxygen atoms in total. The van der Waals surface area contributed by atoms with Crippen LogP contribution in [0.2, 0.25) is 0 Å². The molecule has 0 atom stereocenters. The summed E-state index contributed by atoms with van der Waals surface area (Å²) in [6, 6.07) is 2.71. The van der Waals surface area contributed by atoms with Crippen LogP contribution in [0.25, 0.3) is 0 Å². The fourth-order valence-electron chi connectivity index (χ4n) is 0.682. The molecule has 10 heavy (non-hydrogen) atoms. The van der Waals surface area contributed by atoms with Crippen molar-refractivity contribution < 1.29 is 5.11 Å². The zero-order valence-corrected chi connectivity index (χ0v) is 5.33. The molecule has 0 bridgehead atoms. The van der Waals surface area contributed by atoms with E-state index in [1.165, 1.54) is 12.1 Å². The molecule has 54 valence electrons. The van der Waals surface area contributed by atoms with Gasteiger partial charge in [-0.15, -0.1) is 0 Å². The number of nitrogen functional groups attached to an aromatic ring is 3. The molecule has 0 saturated heterocycles. The van der Waals surface area contributed by atoms with Gasteiger partial charge in [-0.05, 0) is 0 Å². The molecule has 0 heterocycles. The van der Waals surface area contributed by atoms with Crippen molar-refractivity contribution in [2.75, 3.05) is 17.2 Å². The van der Waals surface area contributed by atoms with E-state index in [-0.39, 0.29) is 5.75 Å². The zero-order valence-electron chi connectivity index (χ0n) is 5.33. The van der Waals surface area contributed by atoms with Gasteiger partial charge in [0.05, 0.1) is 17.1 Å². The van der Waals surface area contributed by atoms with Crippen molar-refractivity contribution in [2.45, 2.75) is 0 Å². The summed E-state index contributed by atoms with van der Waals surface area (Å²) < 4.78 is 0. The second-order valence-electron chi connectivity index (χ2n) is 2.04. The molecule has 0 aliphatic carbocycles. The number of aromatic hydroxyl groups is 1. The van der Waals surface area contributed by atoms with Crippen LogP contribution in [0.1, 0.15) is 0 Å². The highest BCUT2D eigenvalue weighted by Crippen LogP contribution is 2.27. The Balaban J connectivity index is 3.31.